The molecular weight excluding hydrogens is 337 g/mol. The van der Waals surface area contributed by atoms with Crippen LogP contribution >= 0.6 is 23.2 Å². The number of alkyl halides is 1. The highest BCUT2D eigenvalue weighted by molar-refractivity contribution is 6.53. The van der Waals surface area contributed by atoms with Crippen molar-refractivity contribution in [2.45, 2.75) is 23.6 Å². The SMILES string of the molecule is C=CCC1(Cl)C(=O)C(Cl)=C(NCc2ccccc2)C1(OC)OC. The molecule has 6 heteroatoms. The molecule has 1 N–H and O–H groups in total. The number of benzene rings is 1. The highest BCUT2D eigenvalue weighted by Crippen LogP contribution is 2.50. The monoisotopic (exact) mass is 355 g/mol. The number of rotatable bonds is 7. The molecule has 4 nitrogen and oxygen atoms in total. The number of allylic oxidation sites excluding steroid dienone is 2. The lowest BCUT2D eigenvalue weighted by Crippen LogP contribution is -2.56. The summed E-state index contributed by atoms with van der Waals surface area (Å²) in [5, 5.41) is 3.13. The summed E-state index contributed by atoms with van der Waals surface area (Å²) in [6, 6.07) is 9.69. The molecule has 0 saturated carbocycles. The second-order valence-corrected chi connectivity index (χ2v) is 6.20. The zero-order valence-corrected chi connectivity index (χ0v) is 14.6. The Labute approximate surface area is 146 Å². The largest absolute Gasteiger partial charge is 0.379 e. The fraction of sp³-hybridized carbons (Fsp3) is 0.353. The standard InChI is InChI=1S/C17H19Cl2NO3/c1-4-10-16(19)15(21)13(18)14(17(16,22-2)23-3)20-11-12-8-6-5-7-9-12/h4-9,20H,1,10-11H2,2-3H3. The Morgan fingerprint density at radius 2 is 1.87 bits per heavy atom. The number of nitrogens with one attached hydrogen (secondary N) is 1. The number of ketones is 1. The molecule has 0 spiro atoms. The van der Waals surface area contributed by atoms with Crippen molar-refractivity contribution in [3.8, 4) is 0 Å². The molecule has 0 amide bonds. The van der Waals surface area contributed by atoms with Gasteiger partial charge in [0.1, 0.15) is 5.03 Å². The van der Waals surface area contributed by atoms with Crippen molar-refractivity contribution in [2.24, 2.45) is 0 Å². The van der Waals surface area contributed by atoms with E-state index in [1.165, 1.54) is 14.2 Å². The maximum Gasteiger partial charge on any atom is 0.238 e. The molecule has 1 unspecified atom stereocenters. The van der Waals surface area contributed by atoms with Crippen LogP contribution in [0.1, 0.15) is 12.0 Å². The number of carbonyl (C=O) groups excluding carboxylic acids is 1. The Morgan fingerprint density at radius 1 is 1.26 bits per heavy atom. The maximum atomic E-state index is 12.6. The number of hydrogen-bond acceptors (Lipinski definition) is 4. The van der Waals surface area contributed by atoms with Crippen molar-refractivity contribution >= 4 is 29.0 Å². The van der Waals surface area contributed by atoms with Crippen LogP contribution < -0.4 is 5.32 Å². The van der Waals surface area contributed by atoms with Crippen LogP contribution in [-0.2, 0) is 20.8 Å². The van der Waals surface area contributed by atoms with Gasteiger partial charge in [-0.1, -0.05) is 48.0 Å². The van der Waals surface area contributed by atoms with Crippen molar-refractivity contribution in [2.75, 3.05) is 14.2 Å². The minimum absolute atomic E-state index is 0.0125. The van der Waals surface area contributed by atoms with Gasteiger partial charge in [-0.15, -0.1) is 18.2 Å². The molecule has 0 saturated heterocycles. The summed E-state index contributed by atoms with van der Waals surface area (Å²) in [5.74, 6) is -1.94. The summed E-state index contributed by atoms with van der Waals surface area (Å²) in [6.07, 6.45) is 1.70. The highest BCUT2D eigenvalue weighted by Gasteiger charge is 2.65. The Morgan fingerprint density at radius 3 is 2.39 bits per heavy atom. The lowest BCUT2D eigenvalue weighted by Gasteiger charge is -2.39. The molecule has 1 atom stereocenters. The smallest absolute Gasteiger partial charge is 0.238 e. The molecule has 124 valence electrons. The summed E-state index contributed by atoms with van der Waals surface area (Å²) >= 11 is 12.8. The Hall–Kier alpha value is -1.33. The molecular formula is C17H19Cl2NO3. The van der Waals surface area contributed by atoms with Crippen molar-refractivity contribution in [1.29, 1.82) is 0 Å². The van der Waals surface area contributed by atoms with E-state index in [-0.39, 0.29) is 11.5 Å². The normalized spacial score (nSPS) is 23.2. The van der Waals surface area contributed by atoms with Crippen molar-refractivity contribution < 1.29 is 14.3 Å². The highest BCUT2D eigenvalue weighted by atomic mass is 35.5. The average molecular weight is 356 g/mol. The first-order chi connectivity index (χ1) is 11.0. The zero-order valence-electron chi connectivity index (χ0n) is 13.1. The molecule has 0 radical (unpaired) electrons. The van der Waals surface area contributed by atoms with E-state index < -0.39 is 16.4 Å². The van der Waals surface area contributed by atoms with Gasteiger partial charge < -0.3 is 14.8 Å². The summed E-state index contributed by atoms with van der Waals surface area (Å²) in [4.78, 5) is 11.1. The van der Waals surface area contributed by atoms with Gasteiger partial charge >= 0.3 is 0 Å². The first-order valence-electron chi connectivity index (χ1n) is 7.09. The third-order valence-corrected chi connectivity index (χ3v) is 4.88. The van der Waals surface area contributed by atoms with Gasteiger partial charge in [-0.05, 0) is 12.0 Å². The van der Waals surface area contributed by atoms with Crippen molar-refractivity contribution in [3.63, 3.8) is 0 Å². The summed E-state index contributed by atoms with van der Waals surface area (Å²) < 4.78 is 11.1. The third-order valence-electron chi connectivity index (χ3n) is 3.94. The van der Waals surface area contributed by atoms with E-state index >= 15 is 0 Å². The van der Waals surface area contributed by atoms with Crippen LogP contribution in [0, 0.1) is 0 Å². The Bertz CT molecular complexity index is 626. The van der Waals surface area contributed by atoms with E-state index in [2.05, 4.69) is 11.9 Å². The molecule has 0 aromatic heterocycles. The van der Waals surface area contributed by atoms with E-state index in [1.54, 1.807) is 6.08 Å². The van der Waals surface area contributed by atoms with E-state index in [0.717, 1.165) is 5.56 Å². The predicted octanol–water partition coefficient (Wildman–Crippen LogP) is 3.35. The molecule has 0 heterocycles. The number of methoxy groups -OCH3 is 2. The molecule has 1 aliphatic rings. The number of Topliss-reactive ketones (excluding diaryl/α,β-unsaturated/α-hetero) is 1. The van der Waals surface area contributed by atoms with Gasteiger partial charge in [0.05, 0.1) is 5.70 Å². The lowest BCUT2D eigenvalue weighted by molar-refractivity contribution is -0.199. The maximum absolute atomic E-state index is 12.6. The van der Waals surface area contributed by atoms with Crippen LogP contribution in [0.2, 0.25) is 0 Å². The van der Waals surface area contributed by atoms with Crippen LogP contribution in [-0.4, -0.2) is 30.7 Å². The van der Waals surface area contributed by atoms with E-state index in [0.29, 0.717) is 12.2 Å². The molecule has 2 rings (SSSR count). The first-order valence-corrected chi connectivity index (χ1v) is 7.85. The second kappa shape index (κ2) is 7.05. The first kappa shape index (κ1) is 18.0. The molecule has 1 aromatic carbocycles. The van der Waals surface area contributed by atoms with Crippen LogP contribution in [0.15, 0.2) is 53.7 Å². The topological polar surface area (TPSA) is 47.6 Å². The van der Waals surface area contributed by atoms with Gasteiger partial charge in [-0.25, -0.2) is 0 Å². The fourth-order valence-electron chi connectivity index (χ4n) is 2.80. The van der Waals surface area contributed by atoms with Crippen LogP contribution in [0.5, 0.6) is 0 Å². The Balaban J connectivity index is 2.39. The number of hydrogen-bond donors (Lipinski definition) is 1. The lowest BCUT2D eigenvalue weighted by atomic mass is 9.93. The van der Waals surface area contributed by atoms with Gasteiger partial charge in [-0.2, -0.15) is 0 Å². The minimum Gasteiger partial charge on any atom is -0.379 e. The van der Waals surface area contributed by atoms with Gasteiger partial charge in [0.25, 0.3) is 0 Å². The van der Waals surface area contributed by atoms with E-state index in [1.807, 2.05) is 30.3 Å². The van der Waals surface area contributed by atoms with Gasteiger partial charge in [-0.3, -0.25) is 4.79 Å². The van der Waals surface area contributed by atoms with Crippen LogP contribution in [0.25, 0.3) is 0 Å². The number of carbonyl (C=O) groups is 1. The molecule has 0 fully saturated rings. The van der Waals surface area contributed by atoms with E-state index in [4.69, 9.17) is 32.7 Å². The fourth-order valence-corrected chi connectivity index (χ4v) is 3.65. The number of ether oxygens (including phenoxy) is 2. The van der Waals surface area contributed by atoms with Crippen LogP contribution in [0.4, 0.5) is 0 Å². The molecule has 1 aromatic rings. The molecule has 1 aliphatic carbocycles. The predicted molar refractivity (Wildman–Crippen MR) is 91.3 cm³/mol. The van der Waals surface area contributed by atoms with Crippen LogP contribution in [0.3, 0.4) is 0 Å². The van der Waals surface area contributed by atoms with E-state index in [9.17, 15) is 4.79 Å². The van der Waals surface area contributed by atoms with Crippen molar-refractivity contribution in [1.82, 2.24) is 5.32 Å². The second-order valence-electron chi connectivity index (χ2n) is 5.18. The number of halogens is 2. The van der Waals surface area contributed by atoms with Gasteiger partial charge in [0.15, 0.2) is 4.87 Å². The minimum atomic E-state index is -1.49. The van der Waals surface area contributed by atoms with Gasteiger partial charge in [0.2, 0.25) is 11.6 Å². The summed E-state index contributed by atoms with van der Waals surface area (Å²) in [6.45, 7) is 4.11. The molecule has 0 aliphatic heterocycles. The van der Waals surface area contributed by atoms with Gasteiger partial charge in [0, 0.05) is 20.8 Å². The summed E-state index contributed by atoms with van der Waals surface area (Å²) in [5.41, 5.74) is 1.35. The summed E-state index contributed by atoms with van der Waals surface area (Å²) in [7, 11) is 2.85. The average Bonchev–Trinajstić information content (AvgIpc) is 2.73. The zero-order chi connectivity index (χ0) is 17.1. The quantitative estimate of drug-likeness (QED) is 0.462. The molecule has 0 bridgehead atoms. The van der Waals surface area contributed by atoms with Crippen molar-refractivity contribution in [3.05, 3.63) is 59.3 Å². The Kier molecular flexibility index (Phi) is 5.53. The third kappa shape index (κ3) is 2.81. The molecule has 23 heavy (non-hydrogen) atoms.